The molecule has 2 aromatic heterocycles. The Morgan fingerprint density at radius 2 is 1.92 bits per heavy atom. The summed E-state index contributed by atoms with van der Waals surface area (Å²) in [6.07, 6.45) is -1.71. The SMILES string of the molecule is CC(C)c1nc2cnc(-c3ccc(F)c(C(F)(F)F)c3)cn2c1Br. The highest BCUT2D eigenvalue weighted by atomic mass is 79.9. The number of hydrogen-bond acceptors (Lipinski definition) is 2. The average molecular weight is 402 g/mol. The van der Waals surface area contributed by atoms with Gasteiger partial charge in [0.15, 0.2) is 5.65 Å². The van der Waals surface area contributed by atoms with E-state index in [-0.39, 0.29) is 11.5 Å². The maximum absolute atomic E-state index is 13.4. The number of benzene rings is 1. The van der Waals surface area contributed by atoms with Crippen molar-refractivity contribution in [3.63, 3.8) is 0 Å². The topological polar surface area (TPSA) is 30.2 Å². The lowest BCUT2D eigenvalue weighted by Gasteiger charge is -2.10. The fourth-order valence-electron chi connectivity index (χ4n) is 2.36. The van der Waals surface area contributed by atoms with E-state index in [1.54, 1.807) is 10.6 Å². The van der Waals surface area contributed by atoms with Crippen LogP contribution in [0.1, 0.15) is 31.0 Å². The molecule has 0 radical (unpaired) electrons. The molecular weight excluding hydrogens is 390 g/mol. The molecule has 0 unspecified atom stereocenters. The third-order valence-corrected chi connectivity index (χ3v) is 4.38. The lowest BCUT2D eigenvalue weighted by atomic mass is 10.1. The molecule has 24 heavy (non-hydrogen) atoms. The molecule has 3 aromatic rings. The molecule has 8 heteroatoms. The number of fused-ring (bicyclic) bond motifs is 1. The molecule has 0 saturated carbocycles. The minimum Gasteiger partial charge on any atom is -0.290 e. The van der Waals surface area contributed by atoms with Crippen LogP contribution in [0.25, 0.3) is 16.9 Å². The zero-order valence-corrected chi connectivity index (χ0v) is 14.3. The van der Waals surface area contributed by atoms with Crippen molar-refractivity contribution in [2.45, 2.75) is 25.9 Å². The van der Waals surface area contributed by atoms with Crippen molar-refractivity contribution in [3.05, 3.63) is 52.3 Å². The molecule has 0 spiro atoms. The Morgan fingerprint density at radius 1 is 1.21 bits per heavy atom. The van der Waals surface area contributed by atoms with Gasteiger partial charge in [0, 0.05) is 11.8 Å². The van der Waals surface area contributed by atoms with Gasteiger partial charge < -0.3 is 0 Å². The number of rotatable bonds is 2. The fraction of sp³-hybridized carbons (Fsp3) is 0.250. The molecule has 126 valence electrons. The van der Waals surface area contributed by atoms with E-state index in [2.05, 4.69) is 25.9 Å². The van der Waals surface area contributed by atoms with Gasteiger partial charge in [0.05, 0.1) is 23.1 Å². The maximum atomic E-state index is 13.4. The normalized spacial score (nSPS) is 12.3. The van der Waals surface area contributed by atoms with Crippen LogP contribution >= 0.6 is 15.9 Å². The van der Waals surface area contributed by atoms with Crippen molar-refractivity contribution < 1.29 is 17.6 Å². The molecule has 0 atom stereocenters. The van der Waals surface area contributed by atoms with E-state index < -0.39 is 17.6 Å². The van der Waals surface area contributed by atoms with E-state index in [0.717, 1.165) is 17.8 Å². The predicted molar refractivity (Wildman–Crippen MR) is 85.2 cm³/mol. The van der Waals surface area contributed by atoms with Gasteiger partial charge in [-0.3, -0.25) is 9.38 Å². The molecule has 0 N–H and O–H groups in total. The van der Waals surface area contributed by atoms with Crippen molar-refractivity contribution in [2.75, 3.05) is 0 Å². The molecule has 0 aliphatic rings. The maximum Gasteiger partial charge on any atom is 0.419 e. The molecule has 1 aromatic carbocycles. The molecule has 0 aliphatic heterocycles. The van der Waals surface area contributed by atoms with Crippen molar-refractivity contribution in [1.29, 1.82) is 0 Å². The lowest BCUT2D eigenvalue weighted by molar-refractivity contribution is -0.139. The zero-order chi connectivity index (χ0) is 17.6. The Kier molecular flexibility index (Phi) is 4.11. The van der Waals surface area contributed by atoms with Crippen LogP contribution in [-0.2, 0) is 6.18 Å². The van der Waals surface area contributed by atoms with Gasteiger partial charge in [0.25, 0.3) is 0 Å². The third-order valence-electron chi connectivity index (χ3n) is 3.59. The average Bonchev–Trinajstić information content (AvgIpc) is 2.83. The summed E-state index contributed by atoms with van der Waals surface area (Å²) < 4.78 is 54.5. The van der Waals surface area contributed by atoms with Crippen LogP contribution < -0.4 is 0 Å². The van der Waals surface area contributed by atoms with E-state index in [1.807, 2.05) is 13.8 Å². The Hall–Kier alpha value is -1.96. The quantitative estimate of drug-likeness (QED) is 0.535. The van der Waals surface area contributed by atoms with Crippen LogP contribution in [0.15, 0.2) is 35.2 Å². The number of imidazole rings is 1. The Bertz CT molecular complexity index is 916. The van der Waals surface area contributed by atoms with Gasteiger partial charge in [-0.05, 0) is 40.0 Å². The standard InChI is InChI=1S/C16H12BrF4N3/c1-8(2)14-15(17)24-7-12(22-6-13(24)23-14)9-3-4-11(18)10(5-9)16(19,20)21/h3-8H,1-2H3. The van der Waals surface area contributed by atoms with Gasteiger partial charge in [-0.15, -0.1) is 0 Å². The summed E-state index contributed by atoms with van der Waals surface area (Å²) >= 11 is 3.45. The summed E-state index contributed by atoms with van der Waals surface area (Å²) in [6.45, 7) is 3.97. The number of aromatic nitrogens is 3. The second-order valence-corrected chi connectivity index (χ2v) is 6.39. The summed E-state index contributed by atoms with van der Waals surface area (Å²) in [6, 6.07) is 2.83. The Balaban J connectivity index is 2.15. The fourth-order valence-corrected chi connectivity index (χ4v) is 3.19. The van der Waals surface area contributed by atoms with Crippen molar-refractivity contribution >= 4 is 21.6 Å². The molecule has 3 nitrogen and oxygen atoms in total. The van der Waals surface area contributed by atoms with Crippen LogP contribution in [0.3, 0.4) is 0 Å². The van der Waals surface area contributed by atoms with Gasteiger partial charge in [0.2, 0.25) is 0 Å². The highest BCUT2D eigenvalue weighted by Crippen LogP contribution is 2.34. The summed E-state index contributed by atoms with van der Waals surface area (Å²) in [5.74, 6) is -1.14. The molecular formula is C16H12BrF4N3. The van der Waals surface area contributed by atoms with Crippen molar-refractivity contribution in [1.82, 2.24) is 14.4 Å². The summed E-state index contributed by atoms with van der Waals surface area (Å²) in [7, 11) is 0. The van der Waals surface area contributed by atoms with Crippen molar-refractivity contribution in [3.8, 4) is 11.3 Å². The smallest absolute Gasteiger partial charge is 0.290 e. The number of hydrogen-bond donors (Lipinski definition) is 0. The number of nitrogens with zero attached hydrogens (tertiary/aromatic N) is 3. The summed E-state index contributed by atoms with van der Waals surface area (Å²) in [5, 5.41) is 0. The molecule has 0 saturated heterocycles. The third kappa shape index (κ3) is 2.90. The molecule has 2 heterocycles. The van der Waals surface area contributed by atoms with Gasteiger partial charge in [-0.25, -0.2) is 9.37 Å². The van der Waals surface area contributed by atoms with Crippen LogP contribution in [0, 0.1) is 5.82 Å². The monoisotopic (exact) mass is 401 g/mol. The highest BCUT2D eigenvalue weighted by Gasteiger charge is 2.34. The van der Waals surface area contributed by atoms with Crippen LogP contribution in [0.5, 0.6) is 0 Å². The molecule has 3 rings (SSSR count). The summed E-state index contributed by atoms with van der Waals surface area (Å²) in [4.78, 5) is 8.58. The molecule has 0 fully saturated rings. The van der Waals surface area contributed by atoms with E-state index in [0.29, 0.717) is 15.9 Å². The second-order valence-electron chi connectivity index (χ2n) is 5.64. The zero-order valence-electron chi connectivity index (χ0n) is 12.7. The largest absolute Gasteiger partial charge is 0.419 e. The van der Waals surface area contributed by atoms with Crippen LogP contribution in [0.2, 0.25) is 0 Å². The number of alkyl halides is 3. The first-order valence-corrected chi connectivity index (χ1v) is 7.88. The minimum atomic E-state index is -4.76. The lowest BCUT2D eigenvalue weighted by Crippen LogP contribution is -2.08. The molecule has 0 amide bonds. The van der Waals surface area contributed by atoms with Crippen LogP contribution in [-0.4, -0.2) is 14.4 Å². The van der Waals surface area contributed by atoms with E-state index in [9.17, 15) is 17.6 Å². The first-order chi connectivity index (χ1) is 11.2. The number of halogens is 5. The van der Waals surface area contributed by atoms with Crippen molar-refractivity contribution in [2.24, 2.45) is 0 Å². The van der Waals surface area contributed by atoms with Gasteiger partial charge in [-0.1, -0.05) is 13.8 Å². The molecule has 0 aliphatic carbocycles. The summed E-state index contributed by atoms with van der Waals surface area (Å²) in [5.41, 5.74) is 0.560. The Labute approximate surface area is 143 Å². The Morgan fingerprint density at radius 3 is 2.54 bits per heavy atom. The minimum absolute atomic E-state index is 0.172. The predicted octanol–water partition coefficient (Wildman–Crippen LogP) is 5.44. The van der Waals surface area contributed by atoms with Crippen LogP contribution in [0.4, 0.5) is 17.6 Å². The van der Waals surface area contributed by atoms with Gasteiger partial charge in [-0.2, -0.15) is 13.2 Å². The second kappa shape index (κ2) is 5.84. The van der Waals surface area contributed by atoms with E-state index >= 15 is 0 Å². The first-order valence-electron chi connectivity index (χ1n) is 7.09. The molecule has 0 bridgehead atoms. The highest BCUT2D eigenvalue weighted by molar-refractivity contribution is 9.10. The van der Waals surface area contributed by atoms with Gasteiger partial charge in [0.1, 0.15) is 10.4 Å². The van der Waals surface area contributed by atoms with E-state index in [4.69, 9.17) is 0 Å². The van der Waals surface area contributed by atoms with Gasteiger partial charge >= 0.3 is 6.18 Å². The van der Waals surface area contributed by atoms with E-state index in [1.165, 1.54) is 12.3 Å². The first kappa shape index (κ1) is 16.9.